The van der Waals surface area contributed by atoms with Crippen molar-refractivity contribution in [3.8, 4) is 0 Å². The van der Waals surface area contributed by atoms with Crippen LogP contribution >= 0.6 is 46.4 Å². The zero-order valence-electron chi connectivity index (χ0n) is 15.5. The minimum atomic E-state index is -0.862. The molecule has 0 unspecified atom stereocenters. The molecule has 0 aliphatic carbocycles. The van der Waals surface area contributed by atoms with Crippen LogP contribution in [0.1, 0.15) is 13.8 Å². The predicted octanol–water partition coefficient (Wildman–Crippen LogP) is 6.85. The minimum absolute atomic E-state index is 0.196. The summed E-state index contributed by atoms with van der Waals surface area (Å²) in [4.78, 5) is 33.0. The van der Waals surface area contributed by atoms with E-state index in [9.17, 15) is 9.59 Å². The Labute approximate surface area is 191 Å². The fourth-order valence-corrected chi connectivity index (χ4v) is 2.38. The quantitative estimate of drug-likeness (QED) is 0.271. The van der Waals surface area contributed by atoms with Gasteiger partial charge >= 0.3 is 12.2 Å². The average molecular weight is 492 g/mol. The number of halogens is 4. The summed E-state index contributed by atoms with van der Waals surface area (Å²) in [6, 6.07) is 9.03. The summed E-state index contributed by atoms with van der Waals surface area (Å²) in [6.45, 7) is 3.01. The zero-order chi connectivity index (χ0) is 22.3. The summed E-state index contributed by atoms with van der Waals surface area (Å²) in [5.74, 6) is 0. The van der Waals surface area contributed by atoms with Gasteiger partial charge in [-0.1, -0.05) is 56.7 Å². The van der Waals surface area contributed by atoms with Gasteiger partial charge in [0.2, 0.25) is 0 Å². The summed E-state index contributed by atoms with van der Waals surface area (Å²) < 4.78 is 0. The summed E-state index contributed by atoms with van der Waals surface area (Å²) in [5.41, 5.74) is 1.13. The van der Waals surface area contributed by atoms with E-state index in [-0.39, 0.29) is 21.5 Å². The summed E-state index contributed by atoms with van der Waals surface area (Å²) in [5, 5.41) is 13.3. The van der Waals surface area contributed by atoms with E-state index in [1.54, 1.807) is 12.1 Å². The van der Waals surface area contributed by atoms with Crippen molar-refractivity contribution in [1.82, 2.24) is 0 Å². The SMILES string of the molecule is CC(=NOC(=O)Nc1ccc(Cl)c(Cl)c1)C(C)=NOC(=O)Nc1ccc(Cl)c(Cl)c1. The third-order valence-corrected chi connectivity index (χ3v) is 4.86. The molecule has 2 amide bonds. The maximum Gasteiger partial charge on any atom is 0.437 e. The third kappa shape index (κ3) is 7.38. The van der Waals surface area contributed by atoms with Crippen molar-refractivity contribution in [3.63, 3.8) is 0 Å². The zero-order valence-corrected chi connectivity index (χ0v) is 18.5. The number of carbonyl (C=O) groups is 2. The molecule has 30 heavy (non-hydrogen) atoms. The van der Waals surface area contributed by atoms with Gasteiger partial charge in [0.05, 0.1) is 20.1 Å². The summed E-state index contributed by atoms with van der Waals surface area (Å²) in [6.07, 6.45) is -1.72. The van der Waals surface area contributed by atoms with Crippen LogP contribution in [-0.4, -0.2) is 23.6 Å². The van der Waals surface area contributed by atoms with Crippen molar-refractivity contribution < 1.29 is 19.3 Å². The lowest BCUT2D eigenvalue weighted by Crippen LogP contribution is -2.16. The van der Waals surface area contributed by atoms with Gasteiger partial charge in [-0.15, -0.1) is 0 Å². The minimum Gasteiger partial charge on any atom is -0.297 e. The van der Waals surface area contributed by atoms with E-state index in [0.717, 1.165) is 0 Å². The van der Waals surface area contributed by atoms with E-state index in [0.29, 0.717) is 21.4 Å². The van der Waals surface area contributed by atoms with Crippen LogP contribution in [0, 0.1) is 0 Å². The molecule has 0 saturated carbocycles. The fraction of sp³-hybridized carbons (Fsp3) is 0.111. The molecule has 0 fully saturated rings. The fourth-order valence-electron chi connectivity index (χ4n) is 1.78. The molecule has 2 aromatic carbocycles. The number of rotatable bonds is 5. The van der Waals surface area contributed by atoms with Gasteiger partial charge in [-0.2, -0.15) is 0 Å². The number of anilines is 2. The van der Waals surface area contributed by atoms with Crippen molar-refractivity contribution in [1.29, 1.82) is 0 Å². The lowest BCUT2D eigenvalue weighted by molar-refractivity contribution is 0.164. The molecule has 158 valence electrons. The first-order valence-electron chi connectivity index (χ1n) is 8.11. The van der Waals surface area contributed by atoms with Crippen LogP contribution in [0.4, 0.5) is 21.0 Å². The first-order valence-corrected chi connectivity index (χ1v) is 9.62. The molecule has 0 atom stereocenters. The number of nitrogens with zero attached hydrogens (tertiary/aromatic N) is 2. The van der Waals surface area contributed by atoms with Crippen LogP contribution in [0.2, 0.25) is 20.1 Å². The van der Waals surface area contributed by atoms with Crippen LogP contribution in [0.3, 0.4) is 0 Å². The second kappa shape index (κ2) is 11.0. The molecule has 0 aromatic heterocycles. The molecule has 0 aliphatic rings. The molecule has 2 rings (SSSR count). The number of benzene rings is 2. The highest BCUT2D eigenvalue weighted by molar-refractivity contribution is 6.42. The van der Waals surface area contributed by atoms with Gasteiger partial charge in [0.25, 0.3) is 0 Å². The highest BCUT2D eigenvalue weighted by atomic mass is 35.5. The van der Waals surface area contributed by atoms with E-state index >= 15 is 0 Å². The monoisotopic (exact) mass is 490 g/mol. The molecule has 0 spiro atoms. The number of hydrogen-bond donors (Lipinski definition) is 2. The van der Waals surface area contributed by atoms with Gasteiger partial charge in [0, 0.05) is 11.4 Å². The maximum absolute atomic E-state index is 11.8. The first kappa shape index (κ1) is 23.8. The number of oxime groups is 2. The Kier molecular flexibility index (Phi) is 8.73. The average Bonchev–Trinajstić information content (AvgIpc) is 2.70. The molecule has 2 N–H and O–H groups in total. The number of nitrogens with one attached hydrogen (secondary N) is 2. The van der Waals surface area contributed by atoms with Crippen molar-refractivity contribution in [2.45, 2.75) is 13.8 Å². The Balaban J connectivity index is 1.87. The van der Waals surface area contributed by atoms with Crippen LogP contribution in [0.5, 0.6) is 0 Å². The lowest BCUT2D eigenvalue weighted by Gasteiger charge is -2.05. The highest BCUT2D eigenvalue weighted by Crippen LogP contribution is 2.26. The van der Waals surface area contributed by atoms with Crippen LogP contribution in [-0.2, 0) is 9.68 Å². The summed E-state index contributed by atoms with van der Waals surface area (Å²) >= 11 is 23.3. The largest absolute Gasteiger partial charge is 0.437 e. The Morgan fingerprint density at radius 1 is 0.700 bits per heavy atom. The standard InChI is InChI=1S/C18H14Cl4N4O4/c1-9(25-29-17(27)23-11-3-5-13(19)15(21)7-11)10(2)26-30-18(28)24-12-4-6-14(20)16(22)8-12/h3-8H,1-2H3,(H,23,27)(H,24,28). The van der Waals surface area contributed by atoms with Crippen molar-refractivity contribution in [2.75, 3.05) is 10.6 Å². The van der Waals surface area contributed by atoms with Crippen molar-refractivity contribution >= 4 is 81.4 Å². The number of carbonyl (C=O) groups excluding carboxylic acids is 2. The van der Waals surface area contributed by atoms with E-state index in [4.69, 9.17) is 56.1 Å². The number of hydrogen-bond acceptors (Lipinski definition) is 6. The van der Waals surface area contributed by atoms with Gasteiger partial charge in [0.15, 0.2) is 0 Å². The van der Waals surface area contributed by atoms with Gasteiger partial charge < -0.3 is 0 Å². The lowest BCUT2D eigenvalue weighted by atomic mass is 10.3. The van der Waals surface area contributed by atoms with Crippen molar-refractivity contribution in [3.05, 3.63) is 56.5 Å². The Morgan fingerprint density at radius 2 is 1.07 bits per heavy atom. The number of amides is 2. The molecular formula is C18H14Cl4N4O4. The molecule has 0 aliphatic heterocycles. The molecule has 0 heterocycles. The van der Waals surface area contributed by atoms with Crippen LogP contribution in [0.25, 0.3) is 0 Å². The Bertz CT molecular complexity index is 946. The van der Waals surface area contributed by atoms with Gasteiger partial charge in [-0.05, 0) is 50.2 Å². The van der Waals surface area contributed by atoms with E-state index in [2.05, 4.69) is 20.9 Å². The summed E-state index contributed by atoms with van der Waals surface area (Å²) in [7, 11) is 0. The normalized spacial score (nSPS) is 11.7. The Morgan fingerprint density at radius 3 is 1.40 bits per heavy atom. The topological polar surface area (TPSA) is 101 Å². The van der Waals surface area contributed by atoms with Gasteiger partial charge in [-0.3, -0.25) is 20.3 Å². The predicted molar refractivity (Wildman–Crippen MR) is 119 cm³/mol. The smallest absolute Gasteiger partial charge is 0.297 e. The van der Waals surface area contributed by atoms with Crippen LogP contribution in [0.15, 0.2) is 46.7 Å². The van der Waals surface area contributed by atoms with Crippen LogP contribution < -0.4 is 10.6 Å². The van der Waals surface area contributed by atoms with E-state index < -0.39 is 12.2 Å². The Hall–Kier alpha value is -2.52. The molecule has 0 radical (unpaired) electrons. The maximum atomic E-state index is 11.8. The first-order chi connectivity index (χ1) is 14.2. The van der Waals surface area contributed by atoms with Gasteiger partial charge in [0.1, 0.15) is 11.4 Å². The second-order valence-corrected chi connectivity index (χ2v) is 7.25. The molecular weight excluding hydrogens is 478 g/mol. The van der Waals surface area contributed by atoms with E-state index in [1.807, 2.05) is 0 Å². The molecule has 12 heteroatoms. The second-order valence-electron chi connectivity index (χ2n) is 5.62. The van der Waals surface area contributed by atoms with E-state index in [1.165, 1.54) is 38.1 Å². The molecule has 0 saturated heterocycles. The molecule has 0 bridgehead atoms. The van der Waals surface area contributed by atoms with Crippen molar-refractivity contribution in [2.24, 2.45) is 10.3 Å². The van der Waals surface area contributed by atoms with Gasteiger partial charge in [-0.25, -0.2) is 9.59 Å². The third-order valence-electron chi connectivity index (χ3n) is 3.39. The molecule has 8 nitrogen and oxygen atoms in total. The molecule has 2 aromatic rings. The highest BCUT2D eigenvalue weighted by Gasteiger charge is 2.09.